The summed E-state index contributed by atoms with van der Waals surface area (Å²) in [5, 5.41) is 0.713. The van der Waals surface area contributed by atoms with Gasteiger partial charge in [0.2, 0.25) is 0 Å². The second-order valence-corrected chi connectivity index (χ2v) is 9.43. The van der Waals surface area contributed by atoms with Crippen molar-refractivity contribution in [2.75, 3.05) is 4.90 Å². The highest BCUT2D eigenvalue weighted by Gasteiger charge is 2.50. The van der Waals surface area contributed by atoms with Crippen molar-refractivity contribution in [1.29, 1.82) is 0 Å². The van der Waals surface area contributed by atoms with Crippen LogP contribution in [0.15, 0.2) is 119 Å². The van der Waals surface area contributed by atoms with Gasteiger partial charge < -0.3 is 4.90 Å². The maximum atomic E-state index is 6.24. The second kappa shape index (κ2) is 9.52. The fourth-order valence-electron chi connectivity index (χ4n) is 4.91. The zero-order chi connectivity index (χ0) is 24.4. The number of nitrogens with zero attached hydrogens (tertiary/aromatic N) is 3. The molecule has 3 nitrogen and oxygen atoms in total. The van der Waals surface area contributed by atoms with Crippen molar-refractivity contribution in [2.45, 2.75) is 32.4 Å². The molecule has 0 saturated carbocycles. The Morgan fingerprint density at radius 3 is 2.06 bits per heavy atom. The van der Waals surface area contributed by atoms with Gasteiger partial charge >= 0.3 is 0 Å². The zero-order valence-corrected chi connectivity index (χ0v) is 20.9. The van der Waals surface area contributed by atoms with Crippen LogP contribution in [0.2, 0.25) is 5.02 Å². The molecule has 4 aromatic carbocycles. The van der Waals surface area contributed by atoms with Crippen LogP contribution >= 0.6 is 11.6 Å². The van der Waals surface area contributed by atoms with Crippen molar-refractivity contribution in [3.63, 3.8) is 0 Å². The van der Waals surface area contributed by atoms with Crippen LogP contribution in [0.1, 0.15) is 30.5 Å². The van der Waals surface area contributed by atoms with Crippen molar-refractivity contribution in [2.24, 2.45) is 9.98 Å². The number of aliphatic imine (C=N–C) groups is 2. The molecule has 0 radical (unpaired) electrons. The Hall–Kier alpha value is -3.69. The largest absolute Gasteiger partial charge is 0.320 e. The molecule has 0 aliphatic carbocycles. The summed E-state index contributed by atoms with van der Waals surface area (Å²) in [5.74, 6) is 0.919. The molecule has 0 fully saturated rings. The Kier molecular flexibility index (Phi) is 6.27. The van der Waals surface area contributed by atoms with Crippen LogP contribution in [0.25, 0.3) is 0 Å². The molecule has 0 bridgehead atoms. The molecule has 1 heterocycles. The minimum Gasteiger partial charge on any atom is -0.320 e. The normalized spacial score (nSPS) is 20.1. The van der Waals surface area contributed by atoms with E-state index in [-0.39, 0.29) is 6.04 Å². The predicted octanol–water partition coefficient (Wildman–Crippen LogP) is 7.99. The van der Waals surface area contributed by atoms with Gasteiger partial charge in [-0.3, -0.25) is 4.99 Å². The Bertz CT molecular complexity index is 1360. The highest BCUT2D eigenvalue weighted by atomic mass is 35.5. The van der Waals surface area contributed by atoms with Crippen molar-refractivity contribution in [1.82, 2.24) is 0 Å². The molecule has 174 valence electrons. The van der Waals surface area contributed by atoms with E-state index in [4.69, 9.17) is 21.6 Å². The van der Waals surface area contributed by atoms with E-state index in [0.29, 0.717) is 5.02 Å². The van der Waals surface area contributed by atoms with Gasteiger partial charge in [-0.1, -0.05) is 90.0 Å². The fourth-order valence-corrected chi connectivity index (χ4v) is 5.04. The molecule has 0 amide bonds. The van der Waals surface area contributed by atoms with Crippen LogP contribution in [0.5, 0.6) is 0 Å². The van der Waals surface area contributed by atoms with E-state index in [1.54, 1.807) is 0 Å². The number of halogens is 1. The van der Waals surface area contributed by atoms with Gasteiger partial charge in [0.05, 0.1) is 11.7 Å². The summed E-state index contributed by atoms with van der Waals surface area (Å²) >= 11 is 6.24. The molecule has 0 N–H and O–H groups in total. The van der Waals surface area contributed by atoms with Crippen LogP contribution < -0.4 is 4.90 Å². The average molecular weight is 478 g/mol. The van der Waals surface area contributed by atoms with Gasteiger partial charge in [0.15, 0.2) is 0 Å². The quantitative estimate of drug-likeness (QED) is 0.267. The highest BCUT2D eigenvalue weighted by Crippen LogP contribution is 2.43. The van der Waals surface area contributed by atoms with Crippen LogP contribution in [0, 0.1) is 6.92 Å². The Balaban J connectivity index is 1.75. The number of aryl methyl sites for hydroxylation is 1. The Morgan fingerprint density at radius 2 is 1.43 bits per heavy atom. The SMILES string of the molecule is C/C(=N\c1ccc(C)cc1)C1(c2ccccc2)N=C(c2ccccc2)N(c2ccc(Cl)cc2)C1C. The lowest BCUT2D eigenvalue weighted by molar-refractivity contribution is 0.528. The molecule has 4 aromatic rings. The van der Waals surface area contributed by atoms with Gasteiger partial charge in [-0.05, 0) is 62.7 Å². The first-order valence-corrected chi connectivity index (χ1v) is 12.2. The smallest absolute Gasteiger partial charge is 0.146 e. The van der Waals surface area contributed by atoms with Crippen molar-refractivity contribution < 1.29 is 0 Å². The Labute approximate surface area is 212 Å². The molecule has 1 aliphatic heterocycles. The third-order valence-electron chi connectivity index (χ3n) is 6.74. The predicted molar refractivity (Wildman–Crippen MR) is 148 cm³/mol. The minimum atomic E-state index is -0.670. The van der Waals surface area contributed by atoms with Crippen LogP contribution in [-0.4, -0.2) is 17.6 Å². The Morgan fingerprint density at radius 1 is 0.829 bits per heavy atom. The third kappa shape index (κ3) is 4.28. The topological polar surface area (TPSA) is 28.0 Å². The molecule has 0 aromatic heterocycles. The lowest BCUT2D eigenvalue weighted by atomic mass is 9.80. The highest BCUT2D eigenvalue weighted by molar-refractivity contribution is 6.30. The molecular formula is C31H28ClN3. The van der Waals surface area contributed by atoms with Gasteiger partial charge in [-0.2, -0.15) is 0 Å². The number of rotatable bonds is 5. The monoisotopic (exact) mass is 477 g/mol. The number of hydrogen-bond acceptors (Lipinski definition) is 3. The molecule has 2 unspecified atom stereocenters. The molecule has 1 aliphatic rings. The van der Waals surface area contributed by atoms with Crippen molar-refractivity contribution in [3.05, 3.63) is 131 Å². The van der Waals surface area contributed by atoms with E-state index in [1.807, 2.05) is 24.3 Å². The molecule has 35 heavy (non-hydrogen) atoms. The fraction of sp³-hybridized carbons (Fsp3) is 0.161. The lowest BCUT2D eigenvalue weighted by Gasteiger charge is -2.36. The summed E-state index contributed by atoms with van der Waals surface area (Å²) < 4.78 is 0. The van der Waals surface area contributed by atoms with Crippen LogP contribution in [0.3, 0.4) is 0 Å². The van der Waals surface area contributed by atoms with E-state index in [1.165, 1.54) is 5.56 Å². The summed E-state index contributed by atoms with van der Waals surface area (Å²) in [7, 11) is 0. The van der Waals surface area contributed by atoms with Gasteiger partial charge in [0.1, 0.15) is 11.4 Å². The first-order valence-electron chi connectivity index (χ1n) is 11.9. The summed E-state index contributed by atoms with van der Waals surface area (Å²) in [6, 6.07) is 37.1. The number of benzene rings is 4. The van der Waals surface area contributed by atoms with Gasteiger partial charge in [-0.15, -0.1) is 0 Å². The van der Waals surface area contributed by atoms with E-state index < -0.39 is 5.54 Å². The first-order chi connectivity index (χ1) is 17.0. The van der Waals surface area contributed by atoms with Gasteiger partial charge in [-0.25, -0.2) is 4.99 Å². The summed E-state index contributed by atoms with van der Waals surface area (Å²) in [5.41, 5.74) is 5.65. The average Bonchev–Trinajstić information content (AvgIpc) is 3.21. The maximum Gasteiger partial charge on any atom is 0.146 e. The van der Waals surface area contributed by atoms with E-state index in [2.05, 4.69) is 111 Å². The number of hydrogen-bond donors (Lipinski definition) is 0. The molecule has 2 atom stereocenters. The minimum absolute atomic E-state index is 0.0320. The van der Waals surface area contributed by atoms with Crippen molar-refractivity contribution in [3.8, 4) is 0 Å². The van der Waals surface area contributed by atoms with Crippen LogP contribution in [-0.2, 0) is 5.54 Å². The molecule has 0 spiro atoms. The van der Waals surface area contributed by atoms with E-state index in [0.717, 1.165) is 34.0 Å². The van der Waals surface area contributed by atoms with Gasteiger partial charge in [0.25, 0.3) is 0 Å². The summed E-state index contributed by atoms with van der Waals surface area (Å²) in [4.78, 5) is 12.9. The second-order valence-electron chi connectivity index (χ2n) is 8.99. The zero-order valence-electron chi connectivity index (χ0n) is 20.2. The number of anilines is 1. The van der Waals surface area contributed by atoms with E-state index >= 15 is 0 Å². The van der Waals surface area contributed by atoms with Gasteiger partial charge in [0, 0.05) is 22.0 Å². The summed E-state index contributed by atoms with van der Waals surface area (Å²) in [6.45, 7) is 6.42. The van der Waals surface area contributed by atoms with Crippen molar-refractivity contribution >= 4 is 34.5 Å². The maximum absolute atomic E-state index is 6.24. The standard InChI is InChI=1S/C31H28ClN3/c1-22-14-18-28(19-15-22)33-23(2)31(26-12-8-5-9-13-26)24(3)35(29-20-16-27(32)17-21-29)30(34-31)25-10-6-4-7-11-25/h4-21,24H,1-3H3/b33-23+. The molecule has 0 saturated heterocycles. The third-order valence-corrected chi connectivity index (χ3v) is 6.99. The molecule has 4 heteroatoms. The molecular weight excluding hydrogens is 450 g/mol. The number of amidine groups is 1. The first kappa shape index (κ1) is 23.1. The molecule has 5 rings (SSSR count). The van der Waals surface area contributed by atoms with E-state index in [9.17, 15) is 0 Å². The summed E-state index contributed by atoms with van der Waals surface area (Å²) in [6.07, 6.45) is 0. The van der Waals surface area contributed by atoms with Crippen LogP contribution in [0.4, 0.5) is 11.4 Å². The lowest BCUT2D eigenvalue weighted by Crippen LogP contribution is -2.47.